The number of hydrogen-bond donors (Lipinski definition) is 1. The summed E-state index contributed by atoms with van der Waals surface area (Å²) in [6.07, 6.45) is 4.55. The standard InChI is InChI=1S/C11H20N2/c1-9(2)8-13-10(3)7-11-5-4-6-12-11/h7,9,13H,4-6,8H2,1-3H3/b10-7-. The summed E-state index contributed by atoms with van der Waals surface area (Å²) in [7, 11) is 0. The Bertz CT molecular complexity index is 214. The topological polar surface area (TPSA) is 24.4 Å². The third kappa shape index (κ3) is 4.11. The van der Waals surface area contributed by atoms with Crippen LogP contribution in [0.2, 0.25) is 0 Å². The van der Waals surface area contributed by atoms with Crippen molar-refractivity contribution in [2.45, 2.75) is 33.6 Å². The van der Waals surface area contributed by atoms with E-state index in [0.29, 0.717) is 5.92 Å². The molecule has 0 saturated heterocycles. The van der Waals surface area contributed by atoms with Gasteiger partial charge in [0.25, 0.3) is 0 Å². The number of allylic oxidation sites excluding steroid dienone is 2. The second kappa shape index (κ2) is 5.05. The Morgan fingerprint density at radius 1 is 1.62 bits per heavy atom. The van der Waals surface area contributed by atoms with Gasteiger partial charge in [-0.05, 0) is 31.8 Å². The van der Waals surface area contributed by atoms with Gasteiger partial charge in [-0.3, -0.25) is 4.99 Å². The molecule has 1 heterocycles. The molecule has 0 aromatic rings. The normalized spacial score (nSPS) is 17.8. The summed E-state index contributed by atoms with van der Waals surface area (Å²) < 4.78 is 0. The predicted molar refractivity (Wildman–Crippen MR) is 58.1 cm³/mol. The highest BCUT2D eigenvalue weighted by Gasteiger charge is 2.03. The maximum absolute atomic E-state index is 4.40. The van der Waals surface area contributed by atoms with Gasteiger partial charge >= 0.3 is 0 Å². The van der Waals surface area contributed by atoms with Crippen molar-refractivity contribution in [1.82, 2.24) is 5.32 Å². The molecular formula is C11H20N2. The van der Waals surface area contributed by atoms with Crippen molar-refractivity contribution in [3.63, 3.8) is 0 Å². The van der Waals surface area contributed by atoms with Gasteiger partial charge in [0.1, 0.15) is 0 Å². The lowest BCUT2D eigenvalue weighted by molar-refractivity contribution is 0.596. The van der Waals surface area contributed by atoms with Crippen molar-refractivity contribution in [2.24, 2.45) is 10.9 Å². The SMILES string of the molecule is C/C(=C/C1=NCCC1)NCC(C)C. The predicted octanol–water partition coefficient (Wildman–Crippen LogP) is 2.37. The monoisotopic (exact) mass is 180 g/mol. The van der Waals surface area contributed by atoms with E-state index in [1.54, 1.807) is 0 Å². The van der Waals surface area contributed by atoms with Crippen LogP contribution in [0.1, 0.15) is 33.6 Å². The van der Waals surface area contributed by atoms with Crippen LogP contribution in [0.3, 0.4) is 0 Å². The molecule has 0 radical (unpaired) electrons. The van der Waals surface area contributed by atoms with Crippen molar-refractivity contribution in [3.8, 4) is 0 Å². The Labute approximate surface area is 81.1 Å². The summed E-state index contributed by atoms with van der Waals surface area (Å²) in [6, 6.07) is 0. The van der Waals surface area contributed by atoms with E-state index in [0.717, 1.165) is 19.5 Å². The molecule has 1 aliphatic rings. The van der Waals surface area contributed by atoms with Crippen LogP contribution in [0.25, 0.3) is 0 Å². The van der Waals surface area contributed by atoms with Crippen molar-refractivity contribution >= 4 is 5.71 Å². The van der Waals surface area contributed by atoms with E-state index < -0.39 is 0 Å². The number of aliphatic imine (C=N–C) groups is 1. The summed E-state index contributed by atoms with van der Waals surface area (Å²) in [5, 5.41) is 3.39. The van der Waals surface area contributed by atoms with E-state index in [9.17, 15) is 0 Å². The van der Waals surface area contributed by atoms with E-state index in [1.807, 2.05) is 0 Å². The highest BCUT2D eigenvalue weighted by atomic mass is 14.9. The van der Waals surface area contributed by atoms with Gasteiger partial charge in [-0.25, -0.2) is 0 Å². The molecule has 74 valence electrons. The average molecular weight is 180 g/mol. The minimum Gasteiger partial charge on any atom is -0.388 e. The molecule has 0 aliphatic carbocycles. The van der Waals surface area contributed by atoms with Crippen LogP contribution in [0, 0.1) is 5.92 Å². The van der Waals surface area contributed by atoms with Crippen LogP contribution in [0.4, 0.5) is 0 Å². The van der Waals surface area contributed by atoms with Gasteiger partial charge in [0.15, 0.2) is 0 Å². The largest absolute Gasteiger partial charge is 0.388 e. The van der Waals surface area contributed by atoms with Crippen LogP contribution < -0.4 is 5.32 Å². The highest BCUT2D eigenvalue weighted by molar-refractivity contribution is 5.96. The summed E-state index contributed by atoms with van der Waals surface area (Å²) in [4.78, 5) is 4.40. The minimum absolute atomic E-state index is 0.703. The molecule has 0 atom stereocenters. The lowest BCUT2D eigenvalue weighted by Crippen LogP contribution is -2.18. The molecule has 0 spiro atoms. The number of hydrogen-bond acceptors (Lipinski definition) is 2. The minimum atomic E-state index is 0.703. The quantitative estimate of drug-likeness (QED) is 0.705. The first-order chi connectivity index (χ1) is 6.18. The summed E-state index contributed by atoms with van der Waals surface area (Å²) in [6.45, 7) is 8.61. The Balaban J connectivity index is 2.32. The van der Waals surface area contributed by atoms with Crippen molar-refractivity contribution < 1.29 is 0 Å². The van der Waals surface area contributed by atoms with Crippen molar-refractivity contribution in [3.05, 3.63) is 11.8 Å². The van der Waals surface area contributed by atoms with Crippen LogP contribution in [0.15, 0.2) is 16.8 Å². The van der Waals surface area contributed by atoms with Crippen LogP contribution in [-0.2, 0) is 0 Å². The zero-order valence-corrected chi connectivity index (χ0v) is 8.93. The Hall–Kier alpha value is -0.790. The van der Waals surface area contributed by atoms with Crippen LogP contribution >= 0.6 is 0 Å². The number of rotatable bonds is 4. The molecule has 1 N–H and O–H groups in total. The molecule has 1 rings (SSSR count). The summed E-state index contributed by atoms with van der Waals surface area (Å²) >= 11 is 0. The second-order valence-corrected chi connectivity index (χ2v) is 4.08. The summed E-state index contributed by atoms with van der Waals surface area (Å²) in [5.74, 6) is 0.703. The number of nitrogens with one attached hydrogen (secondary N) is 1. The first kappa shape index (κ1) is 10.3. The molecule has 0 aromatic heterocycles. The molecule has 0 unspecified atom stereocenters. The lowest BCUT2D eigenvalue weighted by Gasteiger charge is -2.08. The third-order valence-electron chi connectivity index (χ3n) is 2.08. The van der Waals surface area contributed by atoms with Gasteiger partial charge in [0.05, 0.1) is 0 Å². The van der Waals surface area contributed by atoms with Gasteiger partial charge in [0, 0.05) is 24.5 Å². The first-order valence-corrected chi connectivity index (χ1v) is 5.14. The smallest absolute Gasteiger partial charge is 0.0396 e. The zero-order valence-electron chi connectivity index (χ0n) is 8.93. The Morgan fingerprint density at radius 3 is 2.92 bits per heavy atom. The average Bonchev–Trinajstić information content (AvgIpc) is 2.53. The molecule has 2 nitrogen and oxygen atoms in total. The van der Waals surface area contributed by atoms with E-state index in [2.05, 4.69) is 37.2 Å². The molecular weight excluding hydrogens is 160 g/mol. The zero-order chi connectivity index (χ0) is 9.68. The van der Waals surface area contributed by atoms with Crippen LogP contribution in [-0.4, -0.2) is 18.8 Å². The van der Waals surface area contributed by atoms with Crippen LogP contribution in [0.5, 0.6) is 0 Å². The van der Waals surface area contributed by atoms with E-state index >= 15 is 0 Å². The second-order valence-electron chi connectivity index (χ2n) is 4.08. The molecule has 0 amide bonds. The van der Waals surface area contributed by atoms with Gasteiger partial charge in [-0.1, -0.05) is 13.8 Å². The van der Waals surface area contributed by atoms with E-state index in [4.69, 9.17) is 0 Å². The molecule has 13 heavy (non-hydrogen) atoms. The lowest BCUT2D eigenvalue weighted by atomic mass is 10.2. The fourth-order valence-corrected chi connectivity index (χ4v) is 1.35. The van der Waals surface area contributed by atoms with Gasteiger partial charge in [-0.2, -0.15) is 0 Å². The molecule has 0 saturated carbocycles. The van der Waals surface area contributed by atoms with Gasteiger partial charge < -0.3 is 5.32 Å². The number of nitrogens with zero attached hydrogens (tertiary/aromatic N) is 1. The fraction of sp³-hybridized carbons (Fsp3) is 0.727. The molecule has 1 aliphatic heterocycles. The third-order valence-corrected chi connectivity index (χ3v) is 2.08. The molecule has 0 bridgehead atoms. The first-order valence-electron chi connectivity index (χ1n) is 5.14. The molecule has 0 fully saturated rings. The van der Waals surface area contributed by atoms with E-state index in [1.165, 1.54) is 17.8 Å². The maximum atomic E-state index is 4.40. The fourth-order valence-electron chi connectivity index (χ4n) is 1.35. The Morgan fingerprint density at radius 2 is 2.38 bits per heavy atom. The van der Waals surface area contributed by atoms with Gasteiger partial charge in [0.2, 0.25) is 0 Å². The van der Waals surface area contributed by atoms with Crippen molar-refractivity contribution in [1.29, 1.82) is 0 Å². The molecule has 2 heteroatoms. The van der Waals surface area contributed by atoms with Gasteiger partial charge in [-0.15, -0.1) is 0 Å². The maximum Gasteiger partial charge on any atom is 0.0396 e. The molecule has 0 aromatic carbocycles. The summed E-state index contributed by atoms with van der Waals surface area (Å²) in [5.41, 5.74) is 2.50. The van der Waals surface area contributed by atoms with Crippen molar-refractivity contribution in [2.75, 3.05) is 13.1 Å². The van der Waals surface area contributed by atoms with E-state index in [-0.39, 0.29) is 0 Å². The highest BCUT2D eigenvalue weighted by Crippen LogP contribution is 2.06. The Kier molecular flexibility index (Phi) is 4.00.